The lowest BCUT2D eigenvalue weighted by Crippen LogP contribution is -2.34. The third-order valence-corrected chi connectivity index (χ3v) is 3.51. The summed E-state index contributed by atoms with van der Waals surface area (Å²) in [6.07, 6.45) is 7.45. The van der Waals surface area contributed by atoms with Crippen molar-refractivity contribution >= 4 is 0 Å². The van der Waals surface area contributed by atoms with Gasteiger partial charge in [0.1, 0.15) is 0 Å². The lowest BCUT2D eigenvalue weighted by molar-refractivity contribution is 0.185. The Labute approximate surface area is 97.7 Å². The molecular formula is C13H21N3. The van der Waals surface area contributed by atoms with Gasteiger partial charge in [-0.3, -0.25) is 9.88 Å². The predicted molar refractivity (Wildman–Crippen MR) is 66.1 cm³/mol. The fraction of sp³-hybridized carbons (Fsp3) is 0.615. The Balaban J connectivity index is 2.09. The van der Waals surface area contributed by atoms with E-state index in [2.05, 4.69) is 22.9 Å². The fourth-order valence-corrected chi connectivity index (χ4v) is 2.65. The monoisotopic (exact) mass is 219 g/mol. The van der Waals surface area contributed by atoms with Crippen LogP contribution in [0.3, 0.4) is 0 Å². The zero-order chi connectivity index (χ0) is 11.4. The summed E-state index contributed by atoms with van der Waals surface area (Å²) >= 11 is 0. The first kappa shape index (κ1) is 11.6. The van der Waals surface area contributed by atoms with Gasteiger partial charge in [-0.15, -0.1) is 0 Å². The molecule has 0 amide bonds. The van der Waals surface area contributed by atoms with E-state index in [-0.39, 0.29) is 0 Å². The molecule has 3 nitrogen and oxygen atoms in total. The average molecular weight is 219 g/mol. The molecule has 1 aliphatic rings. The van der Waals surface area contributed by atoms with E-state index < -0.39 is 0 Å². The van der Waals surface area contributed by atoms with Crippen molar-refractivity contribution in [2.45, 2.75) is 38.3 Å². The largest absolute Gasteiger partial charge is 0.330 e. The minimum absolute atomic E-state index is 0.551. The molecular weight excluding hydrogens is 198 g/mol. The van der Waals surface area contributed by atoms with Crippen LogP contribution in [-0.4, -0.2) is 29.0 Å². The van der Waals surface area contributed by atoms with Crippen LogP contribution in [0.5, 0.6) is 0 Å². The van der Waals surface area contributed by atoms with Gasteiger partial charge in [0.2, 0.25) is 0 Å². The van der Waals surface area contributed by atoms with Gasteiger partial charge in [0.25, 0.3) is 0 Å². The number of likely N-dealkylation sites (tertiary alicyclic amines) is 1. The molecule has 0 bridgehead atoms. The normalized spacial score (nSPS) is 23.5. The Bertz CT molecular complexity index is 312. The van der Waals surface area contributed by atoms with Crippen LogP contribution < -0.4 is 5.73 Å². The Morgan fingerprint density at radius 1 is 1.62 bits per heavy atom. The molecule has 2 heterocycles. The number of aromatic nitrogens is 1. The van der Waals surface area contributed by atoms with Crippen molar-refractivity contribution in [1.29, 1.82) is 0 Å². The summed E-state index contributed by atoms with van der Waals surface area (Å²) in [4.78, 5) is 6.79. The fourth-order valence-electron chi connectivity index (χ4n) is 2.65. The van der Waals surface area contributed by atoms with Crippen LogP contribution in [-0.2, 0) is 0 Å². The van der Waals surface area contributed by atoms with Crippen molar-refractivity contribution in [1.82, 2.24) is 9.88 Å². The van der Waals surface area contributed by atoms with Gasteiger partial charge < -0.3 is 5.73 Å². The summed E-state index contributed by atoms with van der Waals surface area (Å²) in [5.74, 6) is 0. The number of hydrogen-bond acceptors (Lipinski definition) is 3. The third-order valence-electron chi connectivity index (χ3n) is 3.51. The maximum absolute atomic E-state index is 5.64. The standard InChI is InChI=1S/C13H21N3/c1-11(6-7-14)16-9-3-5-13(16)12-4-2-8-15-10-12/h2,4,8,10-11,13H,3,5-7,9,14H2,1H3/t11-,13?/m0/s1. The summed E-state index contributed by atoms with van der Waals surface area (Å²) in [7, 11) is 0. The van der Waals surface area contributed by atoms with Gasteiger partial charge in [0.15, 0.2) is 0 Å². The molecule has 16 heavy (non-hydrogen) atoms. The van der Waals surface area contributed by atoms with Gasteiger partial charge in [-0.2, -0.15) is 0 Å². The molecule has 2 N–H and O–H groups in total. The van der Waals surface area contributed by atoms with Gasteiger partial charge in [0, 0.05) is 24.5 Å². The van der Waals surface area contributed by atoms with Crippen LogP contribution in [0.1, 0.15) is 37.8 Å². The maximum Gasteiger partial charge on any atom is 0.0366 e. The van der Waals surface area contributed by atoms with Crippen LogP contribution in [0.25, 0.3) is 0 Å². The highest BCUT2D eigenvalue weighted by molar-refractivity contribution is 5.15. The molecule has 0 saturated carbocycles. The van der Waals surface area contributed by atoms with E-state index in [9.17, 15) is 0 Å². The number of rotatable bonds is 4. The average Bonchev–Trinajstić information content (AvgIpc) is 2.79. The first-order valence-corrected chi connectivity index (χ1v) is 6.18. The minimum atomic E-state index is 0.551. The molecule has 3 heteroatoms. The molecule has 1 aromatic heterocycles. The van der Waals surface area contributed by atoms with E-state index in [0.717, 1.165) is 13.0 Å². The maximum atomic E-state index is 5.64. The smallest absolute Gasteiger partial charge is 0.0366 e. The molecule has 1 fully saturated rings. The van der Waals surface area contributed by atoms with E-state index in [0.29, 0.717) is 12.1 Å². The number of nitrogens with two attached hydrogens (primary N) is 1. The van der Waals surface area contributed by atoms with Crippen molar-refractivity contribution in [2.75, 3.05) is 13.1 Å². The van der Waals surface area contributed by atoms with Crippen molar-refractivity contribution in [3.05, 3.63) is 30.1 Å². The summed E-state index contributed by atoms with van der Waals surface area (Å²) < 4.78 is 0. The Kier molecular flexibility index (Phi) is 3.91. The molecule has 1 aliphatic heterocycles. The highest BCUT2D eigenvalue weighted by Gasteiger charge is 2.29. The van der Waals surface area contributed by atoms with Crippen molar-refractivity contribution in [3.8, 4) is 0 Å². The zero-order valence-corrected chi connectivity index (χ0v) is 9.97. The second-order valence-corrected chi connectivity index (χ2v) is 4.61. The van der Waals surface area contributed by atoms with Gasteiger partial charge in [-0.05, 0) is 50.9 Å². The Hall–Kier alpha value is -0.930. The van der Waals surface area contributed by atoms with E-state index in [4.69, 9.17) is 5.73 Å². The zero-order valence-electron chi connectivity index (χ0n) is 9.97. The first-order valence-electron chi connectivity index (χ1n) is 6.18. The Morgan fingerprint density at radius 3 is 3.19 bits per heavy atom. The van der Waals surface area contributed by atoms with Crippen LogP contribution in [0.4, 0.5) is 0 Å². The first-order chi connectivity index (χ1) is 7.83. The second-order valence-electron chi connectivity index (χ2n) is 4.61. The number of nitrogens with zero attached hydrogens (tertiary/aromatic N) is 2. The summed E-state index contributed by atoms with van der Waals surface area (Å²) in [6.45, 7) is 4.25. The molecule has 0 radical (unpaired) electrons. The van der Waals surface area contributed by atoms with E-state index >= 15 is 0 Å². The molecule has 2 rings (SSSR count). The van der Waals surface area contributed by atoms with Crippen molar-refractivity contribution in [3.63, 3.8) is 0 Å². The van der Waals surface area contributed by atoms with E-state index in [1.54, 1.807) is 0 Å². The van der Waals surface area contributed by atoms with Crippen molar-refractivity contribution in [2.24, 2.45) is 5.73 Å². The topological polar surface area (TPSA) is 42.1 Å². The summed E-state index contributed by atoms with van der Waals surface area (Å²) in [6, 6.07) is 5.35. The van der Waals surface area contributed by atoms with Crippen LogP contribution in [0.15, 0.2) is 24.5 Å². The molecule has 1 saturated heterocycles. The molecule has 1 aromatic rings. The number of hydrogen-bond donors (Lipinski definition) is 1. The van der Waals surface area contributed by atoms with E-state index in [1.807, 2.05) is 18.5 Å². The number of pyridine rings is 1. The van der Waals surface area contributed by atoms with E-state index in [1.165, 1.54) is 24.9 Å². The molecule has 0 aliphatic carbocycles. The highest BCUT2D eigenvalue weighted by Crippen LogP contribution is 2.33. The minimum Gasteiger partial charge on any atom is -0.330 e. The summed E-state index contributed by atoms with van der Waals surface area (Å²) in [5, 5.41) is 0. The molecule has 2 atom stereocenters. The van der Waals surface area contributed by atoms with Crippen LogP contribution in [0, 0.1) is 0 Å². The molecule has 1 unspecified atom stereocenters. The lowest BCUT2D eigenvalue weighted by atomic mass is 10.1. The Morgan fingerprint density at radius 2 is 2.50 bits per heavy atom. The highest BCUT2D eigenvalue weighted by atomic mass is 15.2. The molecule has 88 valence electrons. The second kappa shape index (κ2) is 5.41. The van der Waals surface area contributed by atoms with Gasteiger partial charge >= 0.3 is 0 Å². The third kappa shape index (κ3) is 2.42. The predicted octanol–water partition coefficient (Wildman–Crippen LogP) is 1.96. The SMILES string of the molecule is C[C@@H](CCN)N1CCCC1c1cccnc1. The van der Waals surface area contributed by atoms with Gasteiger partial charge in [-0.1, -0.05) is 6.07 Å². The van der Waals surface area contributed by atoms with Crippen molar-refractivity contribution < 1.29 is 0 Å². The quantitative estimate of drug-likeness (QED) is 0.841. The summed E-state index contributed by atoms with van der Waals surface area (Å²) in [5.41, 5.74) is 6.99. The van der Waals surface area contributed by atoms with Crippen LogP contribution >= 0.6 is 0 Å². The van der Waals surface area contributed by atoms with Gasteiger partial charge in [-0.25, -0.2) is 0 Å². The van der Waals surface area contributed by atoms with Crippen LogP contribution in [0.2, 0.25) is 0 Å². The lowest BCUT2D eigenvalue weighted by Gasteiger charge is -2.30. The van der Waals surface area contributed by atoms with Gasteiger partial charge in [0.05, 0.1) is 0 Å². The molecule has 0 spiro atoms. The molecule has 0 aromatic carbocycles.